The molecular formula is C13H12N2O. The molecule has 3 rings (SSSR count). The van der Waals surface area contributed by atoms with Gasteiger partial charge in [-0.3, -0.25) is 9.89 Å². The topological polar surface area (TPSA) is 45.8 Å². The maximum Gasteiger partial charge on any atom is 0.167 e. The predicted octanol–water partition coefficient (Wildman–Crippen LogP) is 2.51. The minimum Gasteiger partial charge on any atom is -0.294 e. The van der Waals surface area contributed by atoms with Crippen molar-refractivity contribution in [1.82, 2.24) is 10.2 Å². The second-order valence-corrected chi connectivity index (χ2v) is 4.16. The lowest BCUT2D eigenvalue weighted by Gasteiger charge is -2.02. The summed E-state index contributed by atoms with van der Waals surface area (Å²) in [7, 11) is 0. The fourth-order valence-corrected chi connectivity index (χ4v) is 2.26. The molecule has 0 atom stereocenters. The van der Waals surface area contributed by atoms with Crippen LogP contribution in [0.4, 0.5) is 0 Å². The van der Waals surface area contributed by atoms with Gasteiger partial charge in [0.2, 0.25) is 0 Å². The highest BCUT2D eigenvalue weighted by Crippen LogP contribution is 2.31. The molecule has 0 amide bonds. The third kappa shape index (κ3) is 1.21. The maximum absolute atomic E-state index is 11.8. The van der Waals surface area contributed by atoms with Gasteiger partial charge in [-0.1, -0.05) is 24.3 Å². The largest absolute Gasteiger partial charge is 0.294 e. The van der Waals surface area contributed by atoms with E-state index in [-0.39, 0.29) is 5.78 Å². The van der Waals surface area contributed by atoms with Gasteiger partial charge in [-0.2, -0.15) is 5.10 Å². The quantitative estimate of drug-likeness (QED) is 0.789. The highest BCUT2D eigenvalue weighted by Gasteiger charge is 2.27. The van der Waals surface area contributed by atoms with Gasteiger partial charge in [0.05, 0.1) is 5.56 Å². The number of ketones is 1. The van der Waals surface area contributed by atoms with Crippen molar-refractivity contribution in [2.24, 2.45) is 0 Å². The zero-order valence-corrected chi connectivity index (χ0v) is 9.08. The average molecular weight is 212 g/mol. The summed E-state index contributed by atoms with van der Waals surface area (Å²) < 4.78 is 0. The van der Waals surface area contributed by atoms with E-state index in [4.69, 9.17) is 0 Å². The fourth-order valence-electron chi connectivity index (χ4n) is 2.26. The van der Waals surface area contributed by atoms with Crippen molar-refractivity contribution in [3.63, 3.8) is 0 Å². The van der Waals surface area contributed by atoms with Crippen LogP contribution in [0.15, 0.2) is 24.3 Å². The van der Waals surface area contributed by atoms with Crippen LogP contribution in [0.1, 0.15) is 28.0 Å². The molecule has 16 heavy (non-hydrogen) atoms. The Morgan fingerprint density at radius 3 is 2.88 bits per heavy atom. The van der Waals surface area contributed by atoms with Crippen LogP contribution in [0, 0.1) is 6.92 Å². The SMILES string of the molecule is Cc1ccccc1-c1n[nH]c2c1C(=O)CC2. The minimum absolute atomic E-state index is 0.210. The molecule has 0 aliphatic heterocycles. The number of H-pyrrole nitrogens is 1. The summed E-state index contributed by atoms with van der Waals surface area (Å²) in [6, 6.07) is 8.02. The van der Waals surface area contributed by atoms with E-state index in [1.165, 1.54) is 0 Å². The Bertz CT molecular complexity index is 569. The monoisotopic (exact) mass is 212 g/mol. The number of nitrogens with one attached hydrogen (secondary N) is 1. The number of aromatic amines is 1. The Balaban J connectivity index is 2.22. The van der Waals surface area contributed by atoms with Gasteiger partial charge in [-0.05, 0) is 18.9 Å². The predicted molar refractivity (Wildman–Crippen MR) is 61.4 cm³/mol. The van der Waals surface area contributed by atoms with Gasteiger partial charge in [-0.15, -0.1) is 0 Å². The van der Waals surface area contributed by atoms with Crippen molar-refractivity contribution < 1.29 is 4.79 Å². The Morgan fingerprint density at radius 1 is 1.25 bits per heavy atom. The first-order valence-corrected chi connectivity index (χ1v) is 5.44. The van der Waals surface area contributed by atoms with Gasteiger partial charge in [0.25, 0.3) is 0 Å². The van der Waals surface area contributed by atoms with Crippen molar-refractivity contribution in [2.75, 3.05) is 0 Å². The number of aromatic nitrogens is 2. The maximum atomic E-state index is 11.8. The third-order valence-corrected chi connectivity index (χ3v) is 3.12. The number of hydrogen-bond donors (Lipinski definition) is 1. The third-order valence-electron chi connectivity index (χ3n) is 3.12. The normalized spacial score (nSPS) is 14.2. The smallest absolute Gasteiger partial charge is 0.167 e. The highest BCUT2D eigenvalue weighted by atomic mass is 16.1. The van der Waals surface area contributed by atoms with Crippen LogP contribution in [-0.2, 0) is 6.42 Å². The lowest BCUT2D eigenvalue weighted by Crippen LogP contribution is -1.94. The van der Waals surface area contributed by atoms with E-state index in [0.717, 1.165) is 34.5 Å². The van der Waals surface area contributed by atoms with Crippen LogP contribution in [0.3, 0.4) is 0 Å². The standard InChI is InChI=1S/C13H12N2O/c1-8-4-2-3-5-9(8)13-12-10(14-15-13)6-7-11(12)16/h2-5H,6-7H2,1H3,(H,14,15). The van der Waals surface area contributed by atoms with Gasteiger partial charge < -0.3 is 0 Å². The summed E-state index contributed by atoms with van der Waals surface area (Å²) in [4.78, 5) is 11.8. The van der Waals surface area contributed by atoms with E-state index in [1.807, 2.05) is 31.2 Å². The van der Waals surface area contributed by atoms with Crippen LogP contribution in [0.5, 0.6) is 0 Å². The Hall–Kier alpha value is -1.90. The molecule has 1 aromatic heterocycles. The molecule has 1 aromatic carbocycles. The molecule has 1 aliphatic carbocycles. The van der Waals surface area contributed by atoms with Crippen molar-refractivity contribution in [3.05, 3.63) is 41.1 Å². The summed E-state index contributed by atoms with van der Waals surface area (Å²) in [5.74, 6) is 0.210. The molecule has 0 radical (unpaired) electrons. The molecule has 0 bridgehead atoms. The number of rotatable bonds is 1. The number of hydrogen-bond acceptors (Lipinski definition) is 2. The van der Waals surface area contributed by atoms with Crippen LogP contribution >= 0.6 is 0 Å². The number of Topliss-reactive ketones (excluding diaryl/α,β-unsaturated/α-hetero) is 1. The molecule has 0 unspecified atom stereocenters. The van der Waals surface area contributed by atoms with Crippen LogP contribution in [0.2, 0.25) is 0 Å². The first kappa shape index (κ1) is 9.33. The van der Waals surface area contributed by atoms with E-state index < -0.39 is 0 Å². The van der Waals surface area contributed by atoms with Crippen molar-refractivity contribution >= 4 is 5.78 Å². The number of aryl methyl sites for hydroxylation is 2. The Kier molecular flexibility index (Phi) is 1.93. The van der Waals surface area contributed by atoms with Crippen molar-refractivity contribution in [2.45, 2.75) is 19.8 Å². The van der Waals surface area contributed by atoms with Crippen LogP contribution < -0.4 is 0 Å². The number of fused-ring (bicyclic) bond motifs is 1. The van der Waals surface area contributed by atoms with E-state index in [2.05, 4.69) is 10.2 Å². The summed E-state index contributed by atoms with van der Waals surface area (Å²) >= 11 is 0. The van der Waals surface area contributed by atoms with Gasteiger partial charge in [-0.25, -0.2) is 0 Å². The summed E-state index contributed by atoms with van der Waals surface area (Å²) in [5, 5.41) is 7.24. The van der Waals surface area contributed by atoms with Gasteiger partial charge in [0.15, 0.2) is 5.78 Å². The van der Waals surface area contributed by atoms with Gasteiger partial charge in [0.1, 0.15) is 5.69 Å². The van der Waals surface area contributed by atoms with Gasteiger partial charge >= 0.3 is 0 Å². The zero-order valence-electron chi connectivity index (χ0n) is 9.08. The van der Waals surface area contributed by atoms with Crippen LogP contribution in [0.25, 0.3) is 11.3 Å². The second kappa shape index (κ2) is 3.30. The Morgan fingerprint density at radius 2 is 2.06 bits per heavy atom. The molecule has 3 nitrogen and oxygen atoms in total. The number of carbonyl (C=O) groups excluding carboxylic acids is 1. The molecule has 1 aliphatic rings. The zero-order chi connectivity index (χ0) is 11.1. The van der Waals surface area contributed by atoms with E-state index in [0.29, 0.717) is 6.42 Å². The van der Waals surface area contributed by atoms with Crippen LogP contribution in [-0.4, -0.2) is 16.0 Å². The number of nitrogens with zero attached hydrogens (tertiary/aromatic N) is 1. The molecule has 80 valence electrons. The number of carbonyl (C=O) groups is 1. The molecular weight excluding hydrogens is 200 g/mol. The molecule has 1 N–H and O–H groups in total. The summed E-state index contributed by atoms with van der Waals surface area (Å²) in [6.45, 7) is 2.04. The Labute approximate surface area is 93.5 Å². The first-order chi connectivity index (χ1) is 7.77. The molecule has 0 fully saturated rings. The molecule has 0 spiro atoms. The van der Waals surface area contributed by atoms with E-state index in [1.54, 1.807) is 0 Å². The first-order valence-electron chi connectivity index (χ1n) is 5.44. The second-order valence-electron chi connectivity index (χ2n) is 4.16. The molecule has 0 saturated carbocycles. The highest BCUT2D eigenvalue weighted by molar-refractivity contribution is 6.05. The lowest BCUT2D eigenvalue weighted by molar-refractivity contribution is 0.0995. The van der Waals surface area contributed by atoms with Crippen molar-refractivity contribution in [1.29, 1.82) is 0 Å². The molecule has 0 saturated heterocycles. The summed E-state index contributed by atoms with van der Waals surface area (Å²) in [5.41, 5.74) is 4.81. The summed E-state index contributed by atoms with van der Waals surface area (Å²) in [6.07, 6.45) is 1.41. The van der Waals surface area contributed by atoms with E-state index in [9.17, 15) is 4.79 Å². The molecule has 2 aromatic rings. The average Bonchev–Trinajstić information content (AvgIpc) is 2.83. The fraction of sp³-hybridized carbons (Fsp3) is 0.231. The van der Waals surface area contributed by atoms with E-state index >= 15 is 0 Å². The minimum atomic E-state index is 0.210. The van der Waals surface area contributed by atoms with Crippen molar-refractivity contribution in [3.8, 4) is 11.3 Å². The molecule has 3 heteroatoms. The molecule has 1 heterocycles. The van der Waals surface area contributed by atoms with Gasteiger partial charge in [0, 0.05) is 17.7 Å². The number of benzene rings is 1. The lowest BCUT2D eigenvalue weighted by atomic mass is 10.0.